The second-order valence-corrected chi connectivity index (χ2v) is 3.34. The molecule has 0 aliphatic rings. The summed E-state index contributed by atoms with van der Waals surface area (Å²) in [4.78, 5) is 9.25. The van der Waals surface area contributed by atoms with Crippen molar-refractivity contribution in [3.05, 3.63) is 60.7 Å². The van der Waals surface area contributed by atoms with E-state index in [9.17, 15) is 4.79 Å². The zero-order valence-corrected chi connectivity index (χ0v) is 9.18. The molecule has 0 unspecified atom stereocenters. The number of carboxylic acids is 1. The normalized spacial score (nSPS) is 9.06. The Labute approximate surface area is 94.8 Å². The van der Waals surface area contributed by atoms with Crippen LogP contribution in [-0.2, 0) is 4.79 Å². The molecule has 1 N–H and O–H groups in total. The molecule has 0 aliphatic carbocycles. The first kappa shape index (κ1) is 12.0. The summed E-state index contributed by atoms with van der Waals surface area (Å²) in [6.07, 6.45) is 0.833. The third kappa shape index (κ3) is 3.24. The van der Waals surface area contributed by atoms with Crippen molar-refractivity contribution in [3.8, 4) is 0 Å². The average Bonchev–Trinajstić information content (AvgIpc) is 2.30. The van der Waals surface area contributed by atoms with Gasteiger partial charge in [-0.15, -0.1) is 0 Å². The van der Waals surface area contributed by atoms with Crippen LogP contribution in [-0.4, -0.2) is 11.1 Å². The fourth-order valence-electron chi connectivity index (χ4n) is 1.39. The molecule has 0 saturated heterocycles. The molecular formula is C14H14O2. The molecule has 0 aromatic heterocycles. The molecule has 82 valence electrons. The number of aryl methyl sites for hydroxylation is 1. The van der Waals surface area contributed by atoms with Gasteiger partial charge >= 0.3 is 5.97 Å². The van der Waals surface area contributed by atoms with Crippen LogP contribution >= 0.6 is 0 Å². The van der Waals surface area contributed by atoms with E-state index >= 15 is 0 Å². The summed E-state index contributed by atoms with van der Waals surface area (Å²) in [6, 6.07) is 14.8. The van der Waals surface area contributed by atoms with Crippen LogP contribution in [0.4, 0.5) is 0 Å². The predicted molar refractivity (Wildman–Crippen MR) is 66.5 cm³/mol. The van der Waals surface area contributed by atoms with E-state index in [1.165, 1.54) is 16.3 Å². The highest BCUT2D eigenvalue weighted by Gasteiger charge is 1.92. The summed E-state index contributed by atoms with van der Waals surface area (Å²) >= 11 is 0. The van der Waals surface area contributed by atoms with Gasteiger partial charge in [-0.1, -0.05) is 49.0 Å². The fourth-order valence-corrected chi connectivity index (χ4v) is 1.39. The fraction of sp³-hybridized carbons (Fsp3) is 0.0714. The van der Waals surface area contributed by atoms with Crippen LogP contribution in [0, 0.1) is 6.92 Å². The lowest BCUT2D eigenvalue weighted by atomic mass is 10.1. The van der Waals surface area contributed by atoms with E-state index in [-0.39, 0.29) is 0 Å². The highest BCUT2D eigenvalue weighted by molar-refractivity contribution is 5.85. The summed E-state index contributed by atoms with van der Waals surface area (Å²) < 4.78 is 0. The highest BCUT2D eigenvalue weighted by atomic mass is 16.4. The van der Waals surface area contributed by atoms with E-state index < -0.39 is 5.97 Å². The summed E-state index contributed by atoms with van der Waals surface area (Å²) in [5, 5.41) is 10.3. The van der Waals surface area contributed by atoms with Crippen LogP contribution in [0.2, 0.25) is 0 Å². The zero-order valence-electron chi connectivity index (χ0n) is 9.18. The number of hydrogen-bond donors (Lipinski definition) is 1. The minimum absolute atomic E-state index is 0.833. The second-order valence-electron chi connectivity index (χ2n) is 3.34. The van der Waals surface area contributed by atoms with Crippen molar-refractivity contribution in [2.75, 3.05) is 0 Å². The zero-order chi connectivity index (χ0) is 12.0. The molecule has 0 atom stereocenters. The average molecular weight is 214 g/mol. The molecular weight excluding hydrogens is 200 g/mol. The van der Waals surface area contributed by atoms with Crippen molar-refractivity contribution in [1.82, 2.24) is 0 Å². The molecule has 2 heteroatoms. The molecule has 0 saturated carbocycles. The lowest BCUT2D eigenvalue weighted by Gasteiger charge is -1.98. The van der Waals surface area contributed by atoms with Crippen LogP contribution in [0.5, 0.6) is 0 Å². The van der Waals surface area contributed by atoms with Gasteiger partial charge in [-0.2, -0.15) is 0 Å². The lowest BCUT2D eigenvalue weighted by molar-refractivity contribution is -0.131. The number of hydrogen-bond acceptors (Lipinski definition) is 1. The van der Waals surface area contributed by atoms with Crippen LogP contribution in [0.1, 0.15) is 5.56 Å². The van der Waals surface area contributed by atoms with Crippen molar-refractivity contribution in [1.29, 1.82) is 0 Å². The van der Waals surface area contributed by atoms with Gasteiger partial charge in [0.25, 0.3) is 0 Å². The van der Waals surface area contributed by atoms with Crippen molar-refractivity contribution >= 4 is 16.7 Å². The largest absolute Gasteiger partial charge is 0.478 e. The standard InChI is InChI=1S/C11H10.C3H4O2/c1-9-5-4-7-10-6-2-3-8-11(9)10;1-2-3(4)5/h2-8H,1H3;2H,1H2,(H,4,5). The molecule has 2 nitrogen and oxygen atoms in total. The molecule has 2 aromatic rings. The van der Waals surface area contributed by atoms with Crippen LogP contribution in [0.25, 0.3) is 10.8 Å². The summed E-state index contributed by atoms with van der Waals surface area (Å²) in [6.45, 7) is 5.10. The van der Waals surface area contributed by atoms with Gasteiger partial charge in [-0.25, -0.2) is 4.79 Å². The van der Waals surface area contributed by atoms with E-state index in [4.69, 9.17) is 5.11 Å². The topological polar surface area (TPSA) is 37.3 Å². The first-order valence-electron chi connectivity index (χ1n) is 4.95. The Morgan fingerprint density at radius 3 is 2.31 bits per heavy atom. The second kappa shape index (κ2) is 5.71. The number of carbonyl (C=O) groups is 1. The van der Waals surface area contributed by atoms with E-state index in [0.29, 0.717) is 0 Å². The maximum Gasteiger partial charge on any atom is 0.327 e. The number of aliphatic carboxylic acids is 1. The Morgan fingerprint density at radius 1 is 1.19 bits per heavy atom. The van der Waals surface area contributed by atoms with Crippen LogP contribution in [0.15, 0.2) is 55.1 Å². The van der Waals surface area contributed by atoms with E-state index in [0.717, 1.165) is 6.08 Å². The third-order valence-electron chi connectivity index (χ3n) is 2.18. The SMILES string of the molecule is C=CC(=O)O.Cc1cccc2ccccc12. The van der Waals surface area contributed by atoms with E-state index in [2.05, 4.69) is 56.0 Å². The smallest absolute Gasteiger partial charge is 0.327 e. The van der Waals surface area contributed by atoms with Gasteiger partial charge in [-0.3, -0.25) is 0 Å². The Balaban J connectivity index is 0.000000221. The molecule has 0 fully saturated rings. The van der Waals surface area contributed by atoms with Crippen molar-refractivity contribution in [3.63, 3.8) is 0 Å². The Hall–Kier alpha value is -2.09. The lowest BCUT2D eigenvalue weighted by Crippen LogP contribution is -1.82. The Kier molecular flexibility index (Phi) is 4.28. The molecule has 16 heavy (non-hydrogen) atoms. The van der Waals surface area contributed by atoms with Gasteiger partial charge in [0, 0.05) is 6.08 Å². The quantitative estimate of drug-likeness (QED) is 0.738. The van der Waals surface area contributed by atoms with Gasteiger partial charge < -0.3 is 5.11 Å². The molecule has 0 amide bonds. The highest BCUT2D eigenvalue weighted by Crippen LogP contribution is 2.16. The Bertz CT molecular complexity index is 496. The number of fused-ring (bicyclic) bond motifs is 1. The minimum atomic E-state index is -0.981. The molecule has 0 radical (unpaired) electrons. The summed E-state index contributed by atoms with van der Waals surface area (Å²) in [5.41, 5.74) is 1.35. The van der Waals surface area contributed by atoms with Crippen molar-refractivity contribution < 1.29 is 9.90 Å². The minimum Gasteiger partial charge on any atom is -0.478 e. The first-order valence-corrected chi connectivity index (χ1v) is 4.95. The first-order chi connectivity index (χ1) is 7.65. The van der Waals surface area contributed by atoms with Crippen molar-refractivity contribution in [2.24, 2.45) is 0 Å². The van der Waals surface area contributed by atoms with Gasteiger partial charge in [-0.05, 0) is 23.3 Å². The van der Waals surface area contributed by atoms with Gasteiger partial charge in [0.15, 0.2) is 0 Å². The summed E-state index contributed by atoms with van der Waals surface area (Å²) in [5.74, 6) is -0.981. The monoisotopic (exact) mass is 214 g/mol. The van der Waals surface area contributed by atoms with Crippen LogP contribution in [0.3, 0.4) is 0 Å². The van der Waals surface area contributed by atoms with Gasteiger partial charge in [0.1, 0.15) is 0 Å². The molecule has 0 aliphatic heterocycles. The predicted octanol–water partition coefficient (Wildman–Crippen LogP) is 3.41. The third-order valence-corrected chi connectivity index (χ3v) is 2.18. The molecule has 0 spiro atoms. The van der Waals surface area contributed by atoms with Crippen LogP contribution < -0.4 is 0 Å². The molecule has 0 heterocycles. The maximum atomic E-state index is 9.25. The van der Waals surface area contributed by atoms with E-state index in [1.807, 2.05) is 0 Å². The molecule has 0 bridgehead atoms. The van der Waals surface area contributed by atoms with Gasteiger partial charge in [0.2, 0.25) is 0 Å². The number of benzene rings is 2. The van der Waals surface area contributed by atoms with Gasteiger partial charge in [0.05, 0.1) is 0 Å². The molecule has 2 aromatic carbocycles. The molecule has 2 rings (SSSR count). The number of rotatable bonds is 1. The summed E-state index contributed by atoms with van der Waals surface area (Å²) in [7, 11) is 0. The van der Waals surface area contributed by atoms with Crippen molar-refractivity contribution in [2.45, 2.75) is 6.92 Å². The maximum absolute atomic E-state index is 9.25. The Morgan fingerprint density at radius 2 is 1.75 bits per heavy atom. The number of carboxylic acid groups (broad SMARTS) is 1. The van der Waals surface area contributed by atoms with E-state index in [1.54, 1.807) is 0 Å².